The van der Waals surface area contributed by atoms with Gasteiger partial charge in [-0.1, -0.05) is 41.9 Å². The van der Waals surface area contributed by atoms with Gasteiger partial charge in [-0.25, -0.2) is 0 Å². The number of ether oxygens (including phenoxy) is 3. The molecule has 7 nitrogen and oxygen atoms in total. The van der Waals surface area contributed by atoms with E-state index < -0.39 is 12.3 Å². The summed E-state index contributed by atoms with van der Waals surface area (Å²) in [5, 5.41) is 7.95. The molecule has 8 heteroatoms. The Morgan fingerprint density at radius 1 is 1.13 bits per heavy atom. The number of nitrogens with one attached hydrogen (secondary N) is 1. The minimum Gasteiger partial charge on any atom is -0.497 e. The summed E-state index contributed by atoms with van der Waals surface area (Å²) in [6, 6.07) is 14.6. The number of benzene rings is 2. The lowest BCUT2D eigenvalue weighted by molar-refractivity contribution is -0.113. The molecule has 0 aliphatic carbocycles. The number of rotatable bonds is 7. The van der Waals surface area contributed by atoms with E-state index >= 15 is 0 Å². The molecule has 1 aliphatic rings. The van der Waals surface area contributed by atoms with Gasteiger partial charge in [0, 0.05) is 30.4 Å². The van der Waals surface area contributed by atoms with Crippen molar-refractivity contribution in [2.24, 2.45) is 0 Å². The predicted octanol–water partition coefficient (Wildman–Crippen LogP) is 3.90. The van der Waals surface area contributed by atoms with Crippen molar-refractivity contribution in [1.29, 1.82) is 0 Å². The Balaban J connectivity index is 1.87. The largest absolute Gasteiger partial charge is 0.497 e. The topological polar surface area (TPSA) is 76.7 Å². The van der Waals surface area contributed by atoms with Crippen LogP contribution in [0.15, 0.2) is 48.5 Å². The smallest absolute Gasteiger partial charge is 0.273 e. The molecular weight excluding hydrogens is 406 g/mol. The van der Waals surface area contributed by atoms with Gasteiger partial charge >= 0.3 is 0 Å². The second kappa shape index (κ2) is 8.47. The summed E-state index contributed by atoms with van der Waals surface area (Å²) in [6.45, 7) is 0.238. The van der Waals surface area contributed by atoms with Crippen LogP contribution in [0.3, 0.4) is 0 Å². The Hall–Kier alpha value is -2.87. The van der Waals surface area contributed by atoms with E-state index in [1.807, 2.05) is 48.5 Å². The molecule has 3 aromatic rings. The first kappa shape index (κ1) is 20.4. The first-order valence-electron chi connectivity index (χ1n) is 9.42. The number of fused-ring (bicyclic) bond motifs is 1. The van der Waals surface area contributed by atoms with Gasteiger partial charge in [0.2, 0.25) is 0 Å². The number of hydrogen-bond donors (Lipinski definition) is 1. The fourth-order valence-electron chi connectivity index (χ4n) is 3.80. The second-order valence-electron chi connectivity index (χ2n) is 6.88. The summed E-state index contributed by atoms with van der Waals surface area (Å²) in [6.07, 6.45) is -0.573. The van der Waals surface area contributed by atoms with Gasteiger partial charge in [-0.3, -0.25) is 9.89 Å². The Morgan fingerprint density at radius 2 is 1.90 bits per heavy atom. The van der Waals surface area contributed by atoms with Crippen LogP contribution in [-0.4, -0.2) is 55.2 Å². The molecule has 4 rings (SSSR count). The standard InChI is InChI=1S/C22H22ClN3O4/c1-28-14-8-6-7-13(11-14)19-18-20(25-24-19)22(27)26(12-17(29-2)30-3)21(18)15-9-4-5-10-16(15)23/h4-11,17,21H,12H2,1-3H3,(H,24,25). The van der Waals surface area contributed by atoms with Crippen molar-refractivity contribution in [3.8, 4) is 17.0 Å². The molecule has 1 aromatic heterocycles. The highest BCUT2D eigenvalue weighted by Crippen LogP contribution is 2.45. The van der Waals surface area contributed by atoms with Gasteiger partial charge in [0.1, 0.15) is 11.4 Å². The van der Waals surface area contributed by atoms with Crippen LogP contribution in [0.1, 0.15) is 27.7 Å². The SMILES string of the molecule is COc1cccc(-c2n[nH]c3c2C(c2ccccc2Cl)N(CC(OC)OC)C3=O)c1. The number of methoxy groups -OCH3 is 3. The maximum atomic E-state index is 13.3. The lowest BCUT2D eigenvalue weighted by Gasteiger charge is -2.29. The quantitative estimate of drug-likeness (QED) is 0.578. The molecule has 2 aromatic carbocycles. The van der Waals surface area contributed by atoms with Crippen molar-refractivity contribution in [2.75, 3.05) is 27.9 Å². The van der Waals surface area contributed by atoms with Gasteiger partial charge in [0.25, 0.3) is 5.91 Å². The Kier molecular flexibility index (Phi) is 5.76. The molecule has 30 heavy (non-hydrogen) atoms. The number of hydrogen-bond acceptors (Lipinski definition) is 5. The fraction of sp³-hybridized carbons (Fsp3) is 0.273. The summed E-state index contributed by atoms with van der Waals surface area (Å²) in [5.74, 6) is 0.522. The average molecular weight is 428 g/mol. The number of carbonyl (C=O) groups excluding carboxylic acids is 1. The van der Waals surface area contributed by atoms with Gasteiger partial charge in [-0.15, -0.1) is 0 Å². The first-order chi connectivity index (χ1) is 14.6. The normalized spacial score (nSPS) is 15.7. The maximum Gasteiger partial charge on any atom is 0.273 e. The Labute approximate surface area is 179 Å². The summed E-state index contributed by atoms with van der Waals surface area (Å²) in [4.78, 5) is 15.0. The number of H-pyrrole nitrogens is 1. The third-order valence-electron chi connectivity index (χ3n) is 5.28. The minimum absolute atomic E-state index is 0.185. The zero-order chi connectivity index (χ0) is 21.3. The van der Waals surface area contributed by atoms with E-state index in [0.717, 1.165) is 16.7 Å². The molecule has 0 bridgehead atoms. The third-order valence-corrected chi connectivity index (χ3v) is 5.62. The Bertz CT molecular complexity index is 1060. The van der Waals surface area contributed by atoms with Crippen molar-refractivity contribution in [1.82, 2.24) is 15.1 Å². The highest BCUT2D eigenvalue weighted by atomic mass is 35.5. The van der Waals surface area contributed by atoms with Crippen LogP contribution in [0.2, 0.25) is 5.02 Å². The summed E-state index contributed by atoms with van der Waals surface area (Å²) in [5.41, 5.74) is 3.53. The zero-order valence-corrected chi connectivity index (χ0v) is 17.6. The monoisotopic (exact) mass is 427 g/mol. The van der Waals surface area contributed by atoms with Gasteiger partial charge in [-0.05, 0) is 23.8 Å². The molecule has 0 fully saturated rings. The lowest BCUT2D eigenvalue weighted by Crippen LogP contribution is -2.38. The van der Waals surface area contributed by atoms with Crippen molar-refractivity contribution >= 4 is 17.5 Å². The molecule has 1 N–H and O–H groups in total. The summed E-state index contributed by atoms with van der Waals surface area (Å²) in [7, 11) is 4.70. The molecular formula is C22H22ClN3O4. The van der Waals surface area contributed by atoms with Crippen LogP contribution in [0, 0.1) is 0 Å². The van der Waals surface area contributed by atoms with Crippen molar-refractivity contribution in [2.45, 2.75) is 12.3 Å². The maximum absolute atomic E-state index is 13.3. The van der Waals surface area contributed by atoms with Crippen LogP contribution < -0.4 is 4.74 Å². The van der Waals surface area contributed by atoms with Crippen LogP contribution in [0.5, 0.6) is 5.75 Å². The number of aromatic amines is 1. The molecule has 156 valence electrons. The molecule has 0 saturated heterocycles. The molecule has 1 amide bonds. The molecule has 0 spiro atoms. The molecule has 0 saturated carbocycles. The van der Waals surface area contributed by atoms with E-state index in [4.69, 9.17) is 25.8 Å². The fourth-order valence-corrected chi connectivity index (χ4v) is 4.04. The van der Waals surface area contributed by atoms with E-state index in [-0.39, 0.29) is 12.5 Å². The van der Waals surface area contributed by atoms with Crippen LogP contribution >= 0.6 is 11.6 Å². The second-order valence-corrected chi connectivity index (χ2v) is 7.28. The first-order valence-corrected chi connectivity index (χ1v) is 9.80. The van der Waals surface area contributed by atoms with Gasteiger partial charge < -0.3 is 19.1 Å². The van der Waals surface area contributed by atoms with Crippen LogP contribution in [0.25, 0.3) is 11.3 Å². The van der Waals surface area contributed by atoms with E-state index in [0.29, 0.717) is 22.2 Å². The van der Waals surface area contributed by atoms with E-state index in [1.54, 1.807) is 26.2 Å². The number of nitrogens with zero attached hydrogens (tertiary/aromatic N) is 2. The highest BCUT2D eigenvalue weighted by Gasteiger charge is 2.43. The number of carbonyl (C=O) groups is 1. The van der Waals surface area contributed by atoms with Gasteiger partial charge in [-0.2, -0.15) is 5.10 Å². The van der Waals surface area contributed by atoms with E-state index in [1.165, 1.54) is 0 Å². The minimum atomic E-state index is -0.573. The summed E-state index contributed by atoms with van der Waals surface area (Å²) >= 11 is 6.55. The lowest BCUT2D eigenvalue weighted by atomic mass is 9.96. The van der Waals surface area contributed by atoms with Gasteiger partial charge in [0.05, 0.1) is 25.4 Å². The van der Waals surface area contributed by atoms with Crippen LogP contribution in [0.4, 0.5) is 0 Å². The molecule has 0 radical (unpaired) electrons. The number of amides is 1. The van der Waals surface area contributed by atoms with E-state index in [9.17, 15) is 4.79 Å². The predicted molar refractivity (Wildman–Crippen MR) is 113 cm³/mol. The number of aromatic nitrogens is 2. The highest BCUT2D eigenvalue weighted by molar-refractivity contribution is 6.31. The molecule has 1 atom stereocenters. The van der Waals surface area contributed by atoms with Crippen molar-refractivity contribution in [3.63, 3.8) is 0 Å². The third kappa shape index (κ3) is 3.45. The molecule has 1 aliphatic heterocycles. The Morgan fingerprint density at radius 3 is 2.60 bits per heavy atom. The summed E-state index contributed by atoms with van der Waals surface area (Å²) < 4.78 is 16.1. The van der Waals surface area contributed by atoms with Crippen molar-refractivity contribution < 1.29 is 19.0 Å². The number of halogens is 1. The molecule has 2 heterocycles. The average Bonchev–Trinajstić information content (AvgIpc) is 3.32. The zero-order valence-electron chi connectivity index (χ0n) is 16.9. The van der Waals surface area contributed by atoms with Gasteiger partial charge in [0.15, 0.2) is 6.29 Å². The molecule has 1 unspecified atom stereocenters. The van der Waals surface area contributed by atoms with E-state index in [2.05, 4.69) is 10.2 Å². The van der Waals surface area contributed by atoms with Crippen molar-refractivity contribution in [3.05, 3.63) is 70.4 Å². The van der Waals surface area contributed by atoms with Crippen LogP contribution in [-0.2, 0) is 9.47 Å².